The highest BCUT2D eigenvalue weighted by molar-refractivity contribution is 6.18. The molecule has 0 amide bonds. The first-order valence-corrected chi connectivity index (χ1v) is 19.3. The maximum absolute atomic E-state index is 14.9. The summed E-state index contributed by atoms with van der Waals surface area (Å²) in [7, 11) is 0. The summed E-state index contributed by atoms with van der Waals surface area (Å²) in [6.45, 7) is 25.2. The van der Waals surface area contributed by atoms with Crippen LogP contribution in [0.2, 0.25) is 0 Å². The largest absolute Gasteiger partial charge is 0.388 e. The van der Waals surface area contributed by atoms with Crippen LogP contribution in [-0.4, -0.2) is 49.4 Å². The maximum Gasteiger partial charge on any atom is 0.192 e. The van der Waals surface area contributed by atoms with Gasteiger partial charge >= 0.3 is 0 Å². The Kier molecular flexibility index (Phi) is 6.54. The third kappa shape index (κ3) is 3.84. The zero-order valence-corrected chi connectivity index (χ0v) is 32.1. The fourth-order valence-electron chi connectivity index (χ4n) is 13.6. The standard InChI is InChI=1S/C44H55NO6/c1-21(2)34-37(48)32-31-26(29-20-39(5,6)51-40(7,8)33(29)36(31)47)18-27-28-17-24-12-13-30-41(9,43(24,11)38(28)45(34)35(27)32)14-15-44(49)42(30,10)19-25(50-44)16-22(3)23(4)46/h16,18,20,24-25,30,33-34,36,47,49H,1,12-15,17,19H2,2-11H3/b22-16+. The van der Waals surface area contributed by atoms with Gasteiger partial charge in [0.1, 0.15) is 6.04 Å². The predicted octanol–water partition coefficient (Wildman–Crippen LogP) is 8.25. The molecular formula is C44H55NO6. The van der Waals surface area contributed by atoms with Crippen molar-refractivity contribution in [3.63, 3.8) is 0 Å². The molecule has 2 N–H and O–H groups in total. The Morgan fingerprint density at radius 2 is 1.75 bits per heavy atom. The SMILES string of the molecule is C=C(C)C1C(=O)c2c3c(cc4c5c(n1c24)C1(C)C(CCC2C4(C)CC(/C=C(\C)C(C)=O)OC4(O)CCC21C)C5)C1=CC(C)(C)OC(C)(C)C1C3O. The summed E-state index contributed by atoms with van der Waals surface area (Å²) in [5, 5.41) is 25.6. The summed E-state index contributed by atoms with van der Waals surface area (Å²) in [5.74, 6) is -0.919. The lowest BCUT2D eigenvalue weighted by molar-refractivity contribution is -0.294. The van der Waals surface area contributed by atoms with Crippen molar-refractivity contribution in [2.24, 2.45) is 28.6 Å². The molecule has 0 radical (unpaired) electrons. The van der Waals surface area contributed by atoms with E-state index in [4.69, 9.17) is 9.47 Å². The van der Waals surface area contributed by atoms with Crippen molar-refractivity contribution in [3.05, 3.63) is 63.9 Å². The van der Waals surface area contributed by atoms with E-state index >= 15 is 0 Å². The van der Waals surface area contributed by atoms with E-state index in [0.29, 0.717) is 29.9 Å². The highest BCUT2D eigenvalue weighted by atomic mass is 16.6. The maximum atomic E-state index is 14.9. The number of carbonyl (C=O) groups excluding carboxylic acids is 2. The number of ether oxygens (including phenoxy) is 2. The van der Waals surface area contributed by atoms with Crippen molar-refractivity contribution in [3.8, 4) is 0 Å². The Labute approximate surface area is 302 Å². The quantitative estimate of drug-likeness (QED) is 0.248. The van der Waals surface area contributed by atoms with Gasteiger partial charge in [-0.1, -0.05) is 32.9 Å². The van der Waals surface area contributed by atoms with Crippen LogP contribution >= 0.6 is 0 Å². The molecular weight excluding hydrogens is 638 g/mol. The van der Waals surface area contributed by atoms with Crippen molar-refractivity contribution in [2.75, 3.05) is 0 Å². The Hall–Kier alpha value is -2.84. The van der Waals surface area contributed by atoms with Gasteiger partial charge in [-0.3, -0.25) is 9.59 Å². The molecule has 272 valence electrons. The molecule has 4 heterocycles. The van der Waals surface area contributed by atoms with E-state index in [1.165, 1.54) is 11.3 Å². The van der Waals surface area contributed by atoms with E-state index in [2.05, 4.69) is 71.8 Å². The summed E-state index contributed by atoms with van der Waals surface area (Å²) in [6, 6.07) is 1.78. The van der Waals surface area contributed by atoms with Crippen LogP contribution < -0.4 is 0 Å². The monoisotopic (exact) mass is 693 g/mol. The second kappa shape index (κ2) is 9.82. The number of aliphatic hydroxyl groups excluding tert-OH is 1. The number of fused-ring (bicyclic) bond motifs is 13. The molecule has 10 atom stereocenters. The van der Waals surface area contributed by atoms with Gasteiger partial charge < -0.3 is 24.3 Å². The molecule has 9 rings (SSSR count). The molecule has 0 bridgehead atoms. The first kappa shape index (κ1) is 34.0. The van der Waals surface area contributed by atoms with Crippen molar-refractivity contribution >= 4 is 28.0 Å². The van der Waals surface area contributed by atoms with Crippen molar-refractivity contribution in [1.29, 1.82) is 0 Å². The average Bonchev–Trinajstić information content (AvgIpc) is 3.73. The van der Waals surface area contributed by atoms with E-state index in [0.717, 1.165) is 58.9 Å². The molecule has 10 unspecified atom stereocenters. The van der Waals surface area contributed by atoms with Crippen LogP contribution in [0.1, 0.15) is 146 Å². The van der Waals surface area contributed by atoms with Crippen LogP contribution in [0.15, 0.2) is 35.9 Å². The summed E-state index contributed by atoms with van der Waals surface area (Å²) >= 11 is 0. The number of hydrogen-bond donors (Lipinski definition) is 2. The van der Waals surface area contributed by atoms with Crippen molar-refractivity contribution in [2.45, 2.75) is 148 Å². The second-order valence-electron chi connectivity index (χ2n) is 19.4. The zero-order chi connectivity index (χ0) is 36.7. The fourth-order valence-corrected chi connectivity index (χ4v) is 13.6. The molecule has 3 aliphatic heterocycles. The molecule has 7 aliphatic rings. The lowest BCUT2D eigenvalue weighted by Gasteiger charge is -2.65. The lowest BCUT2D eigenvalue weighted by atomic mass is 9.40. The first-order valence-electron chi connectivity index (χ1n) is 19.3. The van der Waals surface area contributed by atoms with Gasteiger partial charge in [-0.2, -0.15) is 0 Å². The minimum absolute atomic E-state index is 0.0239. The van der Waals surface area contributed by atoms with Gasteiger partial charge in [0.15, 0.2) is 17.4 Å². The Morgan fingerprint density at radius 1 is 1.04 bits per heavy atom. The average molecular weight is 694 g/mol. The molecule has 51 heavy (non-hydrogen) atoms. The van der Waals surface area contributed by atoms with Gasteiger partial charge in [0.25, 0.3) is 0 Å². The number of benzene rings is 1. The summed E-state index contributed by atoms with van der Waals surface area (Å²) in [5.41, 5.74) is 6.46. The second-order valence-corrected chi connectivity index (χ2v) is 19.4. The van der Waals surface area contributed by atoms with E-state index < -0.39 is 34.6 Å². The third-order valence-electron chi connectivity index (χ3n) is 15.8. The Bertz CT molecular complexity index is 2080. The summed E-state index contributed by atoms with van der Waals surface area (Å²) in [6.07, 6.45) is 7.88. The van der Waals surface area contributed by atoms with Crippen LogP contribution in [0, 0.1) is 28.6 Å². The smallest absolute Gasteiger partial charge is 0.192 e. The van der Waals surface area contributed by atoms with Gasteiger partial charge in [0, 0.05) is 39.8 Å². The molecule has 7 heteroatoms. The summed E-state index contributed by atoms with van der Waals surface area (Å²) < 4.78 is 15.4. The number of allylic oxidation sites excluding steroid dienone is 2. The Balaban J connectivity index is 1.25. The first-order chi connectivity index (χ1) is 23.6. The van der Waals surface area contributed by atoms with Gasteiger partial charge in [0.05, 0.1) is 34.5 Å². The van der Waals surface area contributed by atoms with E-state index in [-0.39, 0.29) is 40.3 Å². The van der Waals surface area contributed by atoms with Crippen molar-refractivity contribution in [1.82, 2.24) is 4.57 Å². The number of Topliss-reactive ketones (excluding diaryl/α,β-unsaturated/α-hetero) is 2. The van der Waals surface area contributed by atoms with Gasteiger partial charge in [-0.05, 0) is 138 Å². The molecule has 4 aliphatic carbocycles. The molecule has 7 nitrogen and oxygen atoms in total. The molecule has 2 saturated carbocycles. The molecule has 1 aromatic heterocycles. The van der Waals surface area contributed by atoms with E-state index in [1.54, 1.807) is 6.92 Å². The molecule has 0 spiro atoms. The molecule has 3 fully saturated rings. The van der Waals surface area contributed by atoms with Crippen LogP contribution in [0.4, 0.5) is 0 Å². The third-order valence-corrected chi connectivity index (χ3v) is 15.8. The zero-order valence-electron chi connectivity index (χ0n) is 32.1. The molecule has 1 saturated heterocycles. The highest BCUT2D eigenvalue weighted by Gasteiger charge is 2.73. The number of carbonyl (C=O) groups is 2. The van der Waals surface area contributed by atoms with E-state index in [1.807, 2.05) is 19.9 Å². The van der Waals surface area contributed by atoms with Gasteiger partial charge in [0.2, 0.25) is 0 Å². The number of rotatable bonds is 3. The lowest BCUT2D eigenvalue weighted by Crippen LogP contribution is -2.65. The minimum Gasteiger partial charge on any atom is -0.388 e. The number of nitrogens with zero attached hydrogens (tertiary/aromatic N) is 1. The topological polar surface area (TPSA) is 98.0 Å². The number of aliphatic hydroxyl groups is 2. The van der Waals surface area contributed by atoms with Crippen LogP contribution in [0.25, 0.3) is 16.5 Å². The van der Waals surface area contributed by atoms with Crippen LogP contribution in [0.3, 0.4) is 0 Å². The van der Waals surface area contributed by atoms with E-state index in [9.17, 15) is 19.8 Å². The normalized spacial score (nSPS) is 42.5. The number of hydrogen-bond acceptors (Lipinski definition) is 6. The molecule has 1 aromatic carbocycles. The number of aromatic nitrogens is 1. The highest BCUT2D eigenvalue weighted by Crippen LogP contribution is 2.74. The van der Waals surface area contributed by atoms with Crippen LogP contribution in [0.5, 0.6) is 0 Å². The number of ketones is 2. The molecule has 2 aromatic rings. The van der Waals surface area contributed by atoms with Gasteiger partial charge in [-0.15, -0.1) is 0 Å². The van der Waals surface area contributed by atoms with Crippen LogP contribution in [-0.2, 0) is 26.1 Å². The van der Waals surface area contributed by atoms with Crippen molar-refractivity contribution < 1.29 is 29.3 Å². The van der Waals surface area contributed by atoms with Gasteiger partial charge in [-0.25, -0.2) is 0 Å². The Morgan fingerprint density at radius 3 is 2.41 bits per heavy atom. The fraction of sp³-hybridized carbons (Fsp3) is 0.636. The minimum atomic E-state index is -1.27. The predicted molar refractivity (Wildman–Crippen MR) is 197 cm³/mol. The summed E-state index contributed by atoms with van der Waals surface area (Å²) in [4.78, 5) is 27.1.